The van der Waals surface area contributed by atoms with Crippen LogP contribution < -0.4 is 15.5 Å². The fourth-order valence-electron chi connectivity index (χ4n) is 4.01. The van der Waals surface area contributed by atoms with Crippen LogP contribution in [0.2, 0.25) is 0 Å². The van der Waals surface area contributed by atoms with Gasteiger partial charge in [-0.2, -0.15) is 17.7 Å². The van der Waals surface area contributed by atoms with E-state index in [0.29, 0.717) is 47.5 Å². The largest absolute Gasteiger partial charge is 0.453 e. The monoisotopic (exact) mass is 473 g/mol. The second kappa shape index (κ2) is 8.58. The molecule has 1 aliphatic carbocycles. The molecule has 1 saturated carbocycles. The number of piperidine rings is 1. The molecule has 3 aromatic rings. The lowest BCUT2D eigenvalue weighted by atomic mass is 9.95. The first-order valence-corrected chi connectivity index (χ1v) is 11.0. The highest BCUT2D eigenvalue weighted by Crippen LogP contribution is 2.29. The molecule has 1 aliphatic heterocycles. The Balaban J connectivity index is 1.24. The highest BCUT2D eigenvalue weighted by atomic mass is 19.4. The Morgan fingerprint density at radius 1 is 0.971 bits per heavy atom. The molecular weight excluding hydrogens is 451 g/mol. The third kappa shape index (κ3) is 4.52. The molecule has 2 aromatic heterocycles. The fraction of sp³-hybridized carbons (Fsp3) is 0.409. The number of nitrogens with zero attached hydrogens (tertiary/aromatic N) is 5. The van der Waals surface area contributed by atoms with E-state index >= 15 is 0 Å². The Hall–Kier alpha value is -3.70. The van der Waals surface area contributed by atoms with Crippen molar-refractivity contribution < 1.29 is 22.8 Å². The third-order valence-electron chi connectivity index (χ3n) is 6.03. The molecule has 0 unspecified atom stereocenters. The maximum atomic E-state index is 13.1. The van der Waals surface area contributed by atoms with E-state index in [2.05, 4.69) is 25.9 Å². The predicted octanol–water partition coefficient (Wildman–Crippen LogP) is 2.89. The van der Waals surface area contributed by atoms with Crippen LogP contribution in [0, 0.1) is 5.92 Å². The lowest BCUT2D eigenvalue weighted by Crippen LogP contribution is -2.39. The predicted molar refractivity (Wildman–Crippen MR) is 116 cm³/mol. The van der Waals surface area contributed by atoms with E-state index in [0.717, 1.165) is 12.8 Å². The Morgan fingerprint density at radius 2 is 1.71 bits per heavy atom. The lowest BCUT2D eigenvalue weighted by molar-refractivity contribution is -0.146. The molecule has 34 heavy (non-hydrogen) atoms. The van der Waals surface area contributed by atoms with Crippen LogP contribution in [0.25, 0.3) is 5.65 Å². The van der Waals surface area contributed by atoms with Crippen LogP contribution in [0.5, 0.6) is 0 Å². The molecular formula is C22H22F3N7O2. The molecule has 0 spiro atoms. The number of anilines is 2. The number of aromatic nitrogens is 4. The number of benzene rings is 1. The molecule has 1 saturated heterocycles. The van der Waals surface area contributed by atoms with Gasteiger partial charge in [0.15, 0.2) is 5.65 Å². The van der Waals surface area contributed by atoms with E-state index in [-0.39, 0.29) is 29.4 Å². The fourth-order valence-corrected chi connectivity index (χ4v) is 4.01. The number of rotatable bonds is 5. The molecule has 0 atom stereocenters. The Labute approximate surface area is 192 Å². The van der Waals surface area contributed by atoms with Crippen LogP contribution in [-0.4, -0.2) is 50.8 Å². The Kier molecular flexibility index (Phi) is 5.58. The number of carbonyl (C=O) groups excluding carboxylic acids is 2. The van der Waals surface area contributed by atoms with Crippen molar-refractivity contribution in [2.45, 2.75) is 37.9 Å². The molecule has 2 amide bonds. The highest BCUT2D eigenvalue weighted by molar-refractivity contribution is 6.04. The van der Waals surface area contributed by atoms with Gasteiger partial charge in [-0.15, -0.1) is 15.3 Å². The van der Waals surface area contributed by atoms with Crippen molar-refractivity contribution in [1.82, 2.24) is 25.1 Å². The van der Waals surface area contributed by atoms with E-state index in [4.69, 9.17) is 0 Å². The van der Waals surface area contributed by atoms with Crippen molar-refractivity contribution in [3.05, 3.63) is 47.8 Å². The Morgan fingerprint density at radius 3 is 2.41 bits per heavy atom. The van der Waals surface area contributed by atoms with Crippen LogP contribution in [0.15, 0.2) is 36.4 Å². The van der Waals surface area contributed by atoms with Crippen LogP contribution in [0.4, 0.5) is 24.7 Å². The average molecular weight is 473 g/mol. The zero-order chi connectivity index (χ0) is 23.9. The normalized spacial score (nSPS) is 17.1. The number of alkyl halides is 3. The molecule has 0 radical (unpaired) electrons. The molecule has 3 heterocycles. The lowest BCUT2D eigenvalue weighted by Gasteiger charge is -2.32. The first-order chi connectivity index (χ1) is 16.3. The molecule has 178 valence electrons. The van der Waals surface area contributed by atoms with E-state index < -0.39 is 12.0 Å². The zero-order valence-corrected chi connectivity index (χ0v) is 18.0. The summed E-state index contributed by atoms with van der Waals surface area (Å²) in [6.07, 6.45) is -1.74. The summed E-state index contributed by atoms with van der Waals surface area (Å²) in [5.41, 5.74) is 0.898. The Bertz CT molecular complexity index is 1230. The van der Waals surface area contributed by atoms with E-state index in [9.17, 15) is 22.8 Å². The number of para-hydroxylation sites is 1. The number of halogens is 3. The minimum Gasteiger partial charge on any atom is -0.355 e. The quantitative estimate of drug-likeness (QED) is 0.591. The van der Waals surface area contributed by atoms with Gasteiger partial charge in [-0.1, -0.05) is 12.1 Å². The van der Waals surface area contributed by atoms with Gasteiger partial charge in [-0.25, -0.2) is 0 Å². The summed E-state index contributed by atoms with van der Waals surface area (Å²) in [7, 11) is 0. The molecule has 9 nitrogen and oxygen atoms in total. The number of hydrogen-bond acceptors (Lipinski definition) is 6. The number of nitrogens with one attached hydrogen (secondary N) is 2. The molecule has 12 heteroatoms. The van der Waals surface area contributed by atoms with Crippen LogP contribution in [-0.2, 0) is 11.0 Å². The van der Waals surface area contributed by atoms with Gasteiger partial charge in [0.25, 0.3) is 11.7 Å². The smallest absolute Gasteiger partial charge is 0.355 e. The maximum Gasteiger partial charge on any atom is 0.453 e. The molecule has 2 N–H and O–H groups in total. The SMILES string of the molecule is O=C(NC1CC1)c1ccccc1NC(=O)C1CCN(c2ccc3nnc(C(F)(F)F)n3n2)CC1. The van der Waals surface area contributed by atoms with Crippen molar-refractivity contribution in [3.8, 4) is 0 Å². The molecule has 2 aliphatic rings. The number of amides is 2. The summed E-state index contributed by atoms with van der Waals surface area (Å²) in [6, 6.07) is 10.1. The zero-order valence-electron chi connectivity index (χ0n) is 18.0. The van der Waals surface area contributed by atoms with Gasteiger partial charge in [-0.3, -0.25) is 9.59 Å². The number of fused-ring (bicyclic) bond motifs is 1. The standard InChI is InChI=1S/C22H22F3N7O2/c23-22(24,25)21-29-28-17-7-8-18(30-32(17)21)31-11-9-13(10-12-31)19(33)27-16-4-2-1-3-15(16)20(34)26-14-5-6-14/h1-4,7-8,13-14H,5-6,9-12H2,(H,26,34)(H,27,33). The van der Waals surface area contributed by atoms with Crippen molar-refractivity contribution in [1.29, 1.82) is 0 Å². The van der Waals surface area contributed by atoms with Crippen LogP contribution >= 0.6 is 0 Å². The van der Waals surface area contributed by atoms with Crippen LogP contribution in [0.1, 0.15) is 41.9 Å². The second-order valence-corrected chi connectivity index (χ2v) is 8.53. The van der Waals surface area contributed by atoms with Crippen molar-refractivity contribution >= 4 is 29.0 Å². The van der Waals surface area contributed by atoms with E-state index in [1.54, 1.807) is 30.3 Å². The third-order valence-corrected chi connectivity index (χ3v) is 6.03. The molecule has 5 rings (SSSR count). The van der Waals surface area contributed by atoms with Crippen molar-refractivity contribution in [2.24, 2.45) is 5.92 Å². The van der Waals surface area contributed by atoms with Gasteiger partial charge in [0, 0.05) is 25.0 Å². The van der Waals surface area contributed by atoms with E-state index in [1.165, 1.54) is 6.07 Å². The van der Waals surface area contributed by atoms with Gasteiger partial charge in [-0.05, 0) is 49.9 Å². The molecule has 1 aromatic carbocycles. The minimum atomic E-state index is -4.66. The first-order valence-electron chi connectivity index (χ1n) is 11.0. The summed E-state index contributed by atoms with van der Waals surface area (Å²) in [4.78, 5) is 27.2. The maximum absolute atomic E-state index is 13.1. The average Bonchev–Trinajstić information content (AvgIpc) is 3.52. The summed E-state index contributed by atoms with van der Waals surface area (Å²) in [6.45, 7) is 0.897. The first kappa shape index (κ1) is 22.1. The van der Waals surface area contributed by atoms with Crippen molar-refractivity contribution in [2.75, 3.05) is 23.3 Å². The van der Waals surface area contributed by atoms with Crippen molar-refractivity contribution in [3.63, 3.8) is 0 Å². The molecule has 0 bridgehead atoms. The number of carbonyl (C=O) groups is 2. The summed E-state index contributed by atoms with van der Waals surface area (Å²) in [5, 5.41) is 16.6. The molecule has 2 fully saturated rings. The van der Waals surface area contributed by atoms with Gasteiger partial charge in [0.05, 0.1) is 11.3 Å². The summed E-state index contributed by atoms with van der Waals surface area (Å²) >= 11 is 0. The second-order valence-electron chi connectivity index (χ2n) is 8.53. The van der Waals surface area contributed by atoms with E-state index in [1.807, 2.05) is 4.90 Å². The highest BCUT2D eigenvalue weighted by Gasteiger charge is 2.38. The van der Waals surface area contributed by atoms with Gasteiger partial charge in [0.2, 0.25) is 5.91 Å². The summed E-state index contributed by atoms with van der Waals surface area (Å²) in [5.74, 6) is -1.50. The van der Waals surface area contributed by atoms with Gasteiger partial charge in [0.1, 0.15) is 5.82 Å². The topological polar surface area (TPSA) is 105 Å². The number of hydrogen-bond donors (Lipinski definition) is 2. The minimum absolute atomic E-state index is 0.00901. The summed E-state index contributed by atoms with van der Waals surface area (Å²) < 4.78 is 40.1. The van der Waals surface area contributed by atoms with Gasteiger partial charge < -0.3 is 15.5 Å². The van der Waals surface area contributed by atoms with Gasteiger partial charge >= 0.3 is 6.18 Å². The van der Waals surface area contributed by atoms with Crippen LogP contribution in [0.3, 0.4) is 0 Å².